The zero-order valence-corrected chi connectivity index (χ0v) is 16.7. The van der Waals surface area contributed by atoms with Crippen LogP contribution in [0.3, 0.4) is 0 Å². The smallest absolute Gasteiger partial charge is 0.329 e. The molecule has 2 N–H and O–H groups in total. The van der Waals surface area contributed by atoms with Gasteiger partial charge in [-0.1, -0.05) is 41.9 Å². The topological polar surface area (TPSA) is 84.0 Å². The van der Waals surface area contributed by atoms with Crippen molar-refractivity contribution in [3.05, 3.63) is 102 Å². The van der Waals surface area contributed by atoms with E-state index in [1.807, 2.05) is 29.6 Å². The molecule has 146 valence electrons. The Morgan fingerprint density at radius 3 is 2.55 bits per heavy atom. The van der Waals surface area contributed by atoms with Crippen molar-refractivity contribution in [3.8, 4) is 0 Å². The first-order valence-electron chi connectivity index (χ1n) is 8.83. The maximum atomic E-state index is 12.8. The van der Waals surface area contributed by atoms with Crippen LogP contribution < -0.4 is 16.6 Å². The Balaban J connectivity index is 1.64. The lowest BCUT2D eigenvalue weighted by atomic mass is 10.1. The summed E-state index contributed by atoms with van der Waals surface area (Å²) >= 11 is 7.48. The highest BCUT2D eigenvalue weighted by Gasteiger charge is 2.19. The van der Waals surface area contributed by atoms with Gasteiger partial charge in [0.15, 0.2) is 0 Å². The lowest BCUT2D eigenvalue weighted by Gasteiger charge is -2.18. The Bertz CT molecular complexity index is 1280. The number of nitrogens with one attached hydrogen (secondary N) is 2. The normalized spacial score (nSPS) is 12.0. The predicted molar refractivity (Wildman–Crippen MR) is 115 cm³/mol. The molecule has 0 aliphatic carbocycles. The quantitative estimate of drug-likeness (QED) is 0.514. The zero-order valence-electron chi connectivity index (χ0n) is 15.1. The number of hydrogen-bond donors (Lipinski definition) is 2. The Kier molecular flexibility index (Phi) is 5.33. The van der Waals surface area contributed by atoms with Crippen molar-refractivity contribution in [2.45, 2.75) is 12.6 Å². The van der Waals surface area contributed by atoms with Crippen LogP contribution in [0, 0.1) is 0 Å². The molecule has 2 aromatic carbocycles. The molecule has 2 heterocycles. The number of carbonyl (C=O) groups is 1. The largest absolute Gasteiger partial charge is 0.343 e. The summed E-state index contributed by atoms with van der Waals surface area (Å²) in [5.74, 6) is -0.443. The Morgan fingerprint density at radius 1 is 1.07 bits per heavy atom. The summed E-state index contributed by atoms with van der Waals surface area (Å²) in [5, 5.41) is 5.79. The van der Waals surface area contributed by atoms with Crippen LogP contribution in [-0.2, 0) is 11.3 Å². The molecule has 0 unspecified atom stereocenters. The van der Waals surface area contributed by atoms with Gasteiger partial charge in [-0.3, -0.25) is 14.2 Å². The van der Waals surface area contributed by atoms with E-state index in [9.17, 15) is 14.4 Å². The number of aromatic amines is 1. The minimum absolute atomic E-state index is 0.354. The van der Waals surface area contributed by atoms with Crippen LogP contribution in [0.2, 0.25) is 5.02 Å². The molecule has 0 fully saturated rings. The summed E-state index contributed by atoms with van der Waals surface area (Å²) in [7, 11) is 0. The maximum absolute atomic E-state index is 12.8. The van der Waals surface area contributed by atoms with Crippen molar-refractivity contribution in [3.63, 3.8) is 0 Å². The fraction of sp³-hybridized carbons (Fsp3) is 0.0952. The molecule has 2 aromatic heterocycles. The van der Waals surface area contributed by atoms with Crippen molar-refractivity contribution >= 4 is 39.7 Å². The molecule has 29 heavy (non-hydrogen) atoms. The van der Waals surface area contributed by atoms with E-state index in [1.54, 1.807) is 36.4 Å². The number of H-pyrrole nitrogens is 1. The van der Waals surface area contributed by atoms with Gasteiger partial charge in [0.05, 0.1) is 16.9 Å². The Labute approximate surface area is 174 Å². The summed E-state index contributed by atoms with van der Waals surface area (Å²) in [4.78, 5) is 41.3. The lowest BCUT2D eigenvalue weighted by molar-refractivity contribution is -0.122. The number of aromatic nitrogens is 2. The number of hydrogen-bond acceptors (Lipinski definition) is 4. The maximum Gasteiger partial charge on any atom is 0.329 e. The van der Waals surface area contributed by atoms with Crippen molar-refractivity contribution in [1.82, 2.24) is 14.9 Å². The lowest BCUT2D eigenvalue weighted by Crippen LogP contribution is -2.41. The summed E-state index contributed by atoms with van der Waals surface area (Å²) in [6.45, 7) is -0.380. The van der Waals surface area contributed by atoms with E-state index >= 15 is 0 Å². The third-order valence-corrected chi connectivity index (χ3v) is 5.72. The Hall–Kier alpha value is -3.16. The van der Waals surface area contributed by atoms with Gasteiger partial charge in [-0.2, -0.15) is 0 Å². The van der Waals surface area contributed by atoms with Crippen LogP contribution in [0.15, 0.2) is 75.6 Å². The molecule has 4 aromatic rings. The van der Waals surface area contributed by atoms with E-state index in [2.05, 4.69) is 10.3 Å². The molecule has 1 atom stereocenters. The number of nitrogens with zero attached hydrogens (tertiary/aromatic N) is 1. The molecule has 4 rings (SSSR count). The number of thiophene rings is 1. The molecule has 0 saturated heterocycles. The third kappa shape index (κ3) is 4.01. The van der Waals surface area contributed by atoms with Gasteiger partial charge >= 0.3 is 5.69 Å². The van der Waals surface area contributed by atoms with E-state index in [0.717, 1.165) is 15.0 Å². The van der Waals surface area contributed by atoms with Crippen molar-refractivity contribution in [2.24, 2.45) is 0 Å². The summed E-state index contributed by atoms with van der Waals surface area (Å²) < 4.78 is 0.908. The van der Waals surface area contributed by atoms with Gasteiger partial charge in [0.25, 0.3) is 5.56 Å². The minimum Gasteiger partial charge on any atom is -0.343 e. The second-order valence-electron chi connectivity index (χ2n) is 6.43. The number of carbonyl (C=O) groups excluding carboxylic acids is 1. The molecule has 0 bridgehead atoms. The van der Waals surface area contributed by atoms with E-state index in [1.165, 1.54) is 11.3 Å². The standard InChI is InChI=1S/C21H16ClN3O3S/c22-14-9-7-13(8-10-14)19(17-6-3-11-29-17)24-18(26)12-25-20(27)15-4-1-2-5-16(15)23-21(25)28/h1-11,19H,12H2,(H,23,28)(H,24,26)/t19-/m1/s1. The highest BCUT2D eigenvalue weighted by molar-refractivity contribution is 7.10. The highest BCUT2D eigenvalue weighted by atomic mass is 35.5. The molecule has 0 radical (unpaired) electrons. The van der Waals surface area contributed by atoms with E-state index in [-0.39, 0.29) is 6.54 Å². The first-order valence-corrected chi connectivity index (χ1v) is 10.1. The van der Waals surface area contributed by atoms with Crippen LogP contribution in [-0.4, -0.2) is 15.5 Å². The summed E-state index contributed by atoms with van der Waals surface area (Å²) in [6, 6.07) is 17.3. The first kappa shape index (κ1) is 19.2. The molecule has 0 aliphatic rings. The van der Waals surface area contributed by atoms with Crippen LogP contribution in [0.1, 0.15) is 16.5 Å². The van der Waals surface area contributed by atoms with Gasteiger partial charge in [0, 0.05) is 9.90 Å². The van der Waals surface area contributed by atoms with E-state index < -0.39 is 23.2 Å². The molecule has 0 saturated carbocycles. The fourth-order valence-corrected chi connectivity index (χ4v) is 4.05. The first-order chi connectivity index (χ1) is 14.0. The number of para-hydroxylation sites is 1. The molecular formula is C21H16ClN3O3S. The number of benzene rings is 2. The summed E-state index contributed by atoms with van der Waals surface area (Å²) in [5.41, 5.74) is 0.170. The molecular weight excluding hydrogens is 410 g/mol. The predicted octanol–water partition coefficient (Wildman–Crippen LogP) is 3.31. The highest BCUT2D eigenvalue weighted by Crippen LogP contribution is 2.27. The van der Waals surface area contributed by atoms with E-state index in [0.29, 0.717) is 15.9 Å². The van der Waals surface area contributed by atoms with Gasteiger partial charge in [-0.25, -0.2) is 4.79 Å². The number of fused-ring (bicyclic) bond motifs is 1. The van der Waals surface area contributed by atoms with E-state index in [4.69, 9.17) is 11.6 Å². The van der Waals surface area contributed by atoms with Crippen LogP contribution in [0.4, 0.5) is 0 Å². The monoisotopic (exact) mass is 425 g/mol. The number of halogens is 1. The van der Waals surface area contributed by atoms with Gasteiger partial charge in [0.1, 0.15) is 6.54 Å². The summed E-state index contributed by atoms with van der Waals surface area (Å²) in [6.07, 6.45) is 0. The zero-order chi connectivity index (χ0) is 20.4. The molecule has 6 nitrogen and oxygen atoms in total. The van der Waals surface area contributed by atoms with Crippen molar-refractivity contribution in [2.75, 3.05) is 0 Å². The van der Waals surface area contributed by atoms with Crippen molar-refractivity contribution in [1.29, 1.82) is 0 Å². The number of rotatable bonds is 5. The van der Waals surface area contributed by atoms with Gasteiger partial charge in [-0.05, 0) is 41.3 Å². The molecule has 1 amide bonds. The SMILES string of the molecule is O=C(Cn1c(=O)[nH]c2ccccc2c1=O)N[C@H](c1ccc(Cl)cc1)c1cccs1. The average Bonchev–Trinajstić information content (AvgIpc) is 3.25. The fourth-order valence-electron chi connectivity index (χ4n) is 3.12. The molecule has 8 heteroatoms. The third-order valence-electron chi connectivity index (χ3n) is 4.53. The Morgan fingerprint density at radius 2 is 1.83 bits per heavy atom. The second-order valence-corrected chi connectivity index (χ2v) is 7.85. The van der Waals surface area contributed by atoms with Gasteiger partial charge in [0.2, 0.25) is 5.91 Å². The second kappa shape index (κ2) is 8.06. The van der Waals surface area contributed by atoms with Gasteiger partial charge < -0.3 is 10.3 Å². The minimum atomic E-state index is -0.622. The molecule has 0 aliphatic heterocycles. The number of amides is 1. The van der Waals surface area contributed by atoms with Crippen LogP contribution >= 0.6 is 22.9 Å². The average molecular weight is 426 g/mol. The molecule has 0 spiro atoms. The van der Waals surface area contributed by atoms with Crippen molar-refractivity contribution < 1.29 is 4.79 Å². The van der Waals surface area contributed by atoms with Crippen LogP contribution in [0.5, 0.6) is 0 Å². The van der Waals surface area contributed by atoms with Crippen LogP contribution in [0.25, 0.3) is 10.9 Å². The van der Waals surface area contributed by atoms with Gasteiger partial charge in [-0.15, -0.1) is 11.3 Å².